The van der Waals surface area contributed by atoms with Crippen LogP contribution in [0.15, 0.2) is 12.2 Å². The molecule has 0 fully saturated rings. The monoisotopic (exact) mass is 422 g/mol. The molecular weight excluding hydrogens is 384 g/mol. The van der Waals surface area contributed by atoms with Crippen molar-refractivity contribution in [2.24, 2.45) is 0 Å². The van der Waals surface area contributed by atoms with Gasteiger partial charge in [-0.25, -0.2) is 0 Å². The predicted octanol–water partition coefficient (Wildman–Crippen LogP) is 5.50. The molecule has 0 aromatic rings. The second kappa shape index (κ2) is 27.8. The SMILES string of the molecule is CCCCCCCC/C=C\CCCCCCCC(=O)OC.O=[N+]([O-])O.O=[N+]([O-])O. The van der Waals surface area contributed by atoms with Crippen LogP contribution < -0.4 is 0 Å². The number of ether oxygens (including phenoxy) is 1. The maximum absolute atomic E-state index is 10.9. The molecule has 2 N–H and O–H groups in total. The Labute approximate surface area is 173 Å². The molecule has 0 aliphatic rings. The second-order valence-electron chi connectivity index (χ2n) is 6.39. The summed E-state index contributed by atoms with van der Waals surface area (Å²) < 4.78 is 4.62. The number of carbonyl (C=O) groups is 1. The van der Waals surface area contributed by atoms with Crippen LogP contribution in [0.25, 0.3) is 0 Å². The highest BCUT2D eigenvalue weighted by atomic mass is 16.9. The lowest BCUT2D eigenvalue weighted by molar-refractivity contribution is -0.742. The summed E-state index contributed by atoms with van der Waals surface area (Å²) in [7, 11) is 1.46. The fourth-order valence-electron chi connectivity index (χ4n) is 2.44. The Morgan fingerprint density at radius 1 is 0.793 bits per heavy atom. The molecule has 0 rings (SSSR count). The van der Waals surface area contributed by atoms with Crippen molar-refractivity contribution in [3.63, 3.8) is 0 Å². The van der Waals surface area contributed by atoms with Gasteiger partial charge in [-0.3, -0.25) is 4.79 Å². The highest BCUT2D eigenvalue weighted by molar-refractivity contribution is 5.68. The van der Waals surface area contributed by atoms with E-state index in [1.165, 1.54) is 77.7 Å². The third-order valence-electron chi connectivity index (χ3n) is 3.87. The average molecular weight is 423 g/mol. The van der Waals surface area contributed by atoms with E-state index in [4.69, 9.17) is 30.6 Å². The van der Waals surface area contributed by atoms with Gasteiger partial charge in [-0.2, -0.15) is 0 Å². The Balaban J connectivity index is -0.000000712. The molecule has 10 heteroatoms. The molecule has 0 radical (unpaired) electrons. The van der Waals surface area contributed by atoms with Crippen LogP contribution in [0.2, 0.25) is 0 Å². The van der Waals surface area contributed by atoms with E-state index in [2.05, 4.69) is 23.8 Å². The molecule has 0 bridgehead atoms. The van der Waals surface area contributed by atoms with Crippen molar-refractivity contribution in [2.45, 2.75) is 96.8 Å². The van der Waals surface area contributed by atoms with Crippen LogP contribution in [0, 0.1) is 20.2 Å². The summed E-state index contributed by atoms with van der Waals surface area (Å²) in [5, 5.41) is 27.3. The van der Waals surface area contributed by atoms with Crippen molar-refractivity contribution in [2.75, 3.05) is 7.11 Å². The Bertz CT molecular complexity index is 397. The van der Waals surface area contributed by atoms with Gasteiger partial charge in [-0.05, 0) is 32.1 Å². The average Bonchev–Trinajstić information content (AvgIpc) is 2.63. The van der Waals surface area contributed by atoms with Gasteiger partial charge in [0.1, 0.15) is 0 Å². The molecule has 0 unspecified atom stereocenters. The van der Waals surface area contributed by atoms with Gasteiger partial charge in [0.15, 0.2) is 0 Å². The van der Waals surface area contributed by atoms with E-state index >= 15 is 0 Å². The molecule has 0 saturated carbocycles. The van der Waals surface area contributed by atoms with E-state index < -0.39 is 10.2 Å². The maximum Gasteiger partial charge on any atom is 0.305 e. The molecule has 0 aliphatic carbocycles. The van der Waals surface area contributed by atoms with Crippen LogP contribution in [0.4, 0.5) is 0 Å². The molecule has 10 nitrogen and oxygen atoms in total. The van der Waals surface area contributed by atoms with Gasteiger partial charge in [-0.1, -0.05) is 70.4 Å². The molecule has 0 saturated heterocycles. The Kier molecular flexibility index (Phi) is 30.0. The zero-order chi connectivity index (χ0) is 22.8. The summed E-state index contributed by atoms with van der Waals surface area (Å²) in [6.07, 6.45) is 22.0. The first-order valence-electron chi connectivity index (χ1n) is 10.2. The second-order valence-corrected chi connectivity index (χ2v) is 6.39. The van der Waals surface area contributed by atoms with Gasteiger partial charge in [0, 0.05) is 6.42 Å². The fraction of sp³-hybridized carbons (Fsp3) is 0.842. The molecular formula is C19H38N2O8. The van der Waals surface area contributed by atoms with Crippen molar-refractivity contribution < 1.29 is 30.1 Å². The molecule has 172 valence electrons. The summed E-state index contributed by atoms with van der Waals surface area (Å²) >= 11 is 0. The number of rotatable bonds is 15. The molecule has 0 spiro atoms. The molecule has 29 heavy (non-hydrogen) atoms. The minimum Gasteiger partial charge on any atom is -0.469 e. The minimum atomic E-state index is -1.50. The number of unbranched alkanes of at least 4 members (excludes halogenated alkanes) is 11. The van der Waals surface area contributed by atoms with Crippen LogP contribution in [-0.2, 0) is 9.53 Å². The van der Waals surface area contributed by atoms with Crippen LogP contribution in [-0.4, -0.2) is 33.7 Å². The lowest BCUT2D eigenvalue weighted by atomic mass is 10.1. The fourth-order valence-corrected chi connectivity index (χ4v) is 2.44. The number of allylic oxidation sites excluding steroid dienone is 2. The predicted molar refractivity (Wildman–Crippen MR) is 109 cm³/mol. The van der Waals surface area contributed by atoms with Crippen LogP contribution in [0.1, 0.15) is 96.8 Å². The van der Waals surface area contributed by atoms with E-state index in [9.17, 15) is 4.79 Å². The number of hydrogen-bond donors (Lipinski definition) is 2. The third-order valence-corrected chi connectivity index (χ3v) is 3.87. The summed E-state index contributed by atoms with van der Waals surface area (Å²) in [5.74, 6) is -0.0763. The number of esters is 1. The first kappa shape index (κ1) is 31.3. The first-order chi connectivity index (χ1) is 13.8. The summed E-state index contributed by atoms with van der Waals surface area (Å²) in [6, 6.07) is 0. The molecule has 0 aliphatic heterocycles. The minimum absolute atomic E-state index is 0.0763. The lowest BCUT2D eigenvalue weighted by Crippen LogP contribution is -1.98. The van der Waals surface area contributed by atoms with Crippen molar-refractivity contribution in [3.8, 4) is 0 Å². The van der Waals surface area contributed by atoms with Gasteiger partial charge in [0.25, 0.3) is 10.2 Å². The van der Waals surface area contributed by atoms with Crippen molar-refractivity contribution in [1.29, 1.82) is 0 Å². The van der Waals surface area contributed by atoms with E-state index in [0.29, 0.717) is 6.42 Å². The van der Waals surface area contributed by atoms with Gasteiger partial charge < -0.3 is 15.2 Å². The molecule has 0 aromatic carbocycles. The third kappa shape index (κ3) is 51.7. The zero-order valence-corrected chi connectivity index (χ0v) is 17.8. The van der Waals surface area contributed by atoms with Crippen molar-refractivity contribution >= 4 is 5.97 Å². The molecule has 0 atom stereocenters. The van der Waals surface area contributed by atoms with Gasteiger partial charge in [0.2, 0.25) is 0 Å². The Hall–Kier alpha value is -2.39. The largest absolute Gasteiger partial charge is 0.469 e. The summed E-state index contributed by atoms with van der Waals surface area (Å²) in [6.45, 7) is 2.27. The number of nitrogens with zero attached hydrogens (tertiary/aromatic N) is 2. The smallest absolute Gasteiger partial charge is 0.305 e. The topological polar surface area (TPSA) is 153 Å². The van der Waals surface area contributed by atoms with E-state index in [-0.39, 0.29) is 5.97 Å². The van der Waals surface area contributed by atoms with Gasteiger partial charge in [-0.15, -0.1) is 20.2 Å². The van der Waals surface area contributed by atoms with Gasteiger partial charge >= 0.3 is 5.97 Å². The highest BCUT2D eigenvalue weighted by Gasteiger charge is 1.98. The van der Waals surface area contributed by atoms with Crippen LogP contribution >= 0.6 is 0 Å². The van der Waals surface area contributed by atoms with E-state index in [1.807, 2.05) is 0 Å². The quantitative estimate of drug-likeness (QED) is 0.115. The lowest BCUT2D eigenvalue weighted by Gasteiger charge is -2.00. The Morgan fingerprint density at radius 3 is 1.52 bits per heavy atom. The number of carbonyl (C=O) groups excluding carboxylic acids is 1. The van der Waals surface area contributed by atoms with Gasteiger partial charge in [0.05, 0.1) is 7.11 Å². The molecule has 0 aromatic heterocycles. The van der Waals surface area contributed by atoms with E-state index in [1.54, 1.807) is 0 Å². The zero-order valence-electron chi connectivity index (χ0n) is 17.8. The van der Waals surface area contributed by atoms with Crippen molar-refractivity contribution in [3.05, 3.63) is 32.4 Å². The normalized spacial score (nSPS) is 9.72. The van der Waals surface area contributed by atoms with Crippen LogP contribution in [0.5, 0.6) is 0 Å². The maximum atomic E-state index is 10.9. The highest BCUT2D eigenvalue weighted by Crippen LogP contribution is 2.10. The molecule has 0 amide bonds. The summed E-state index contributed by atoms with van der Waals surface area (Å²) in [4.78, 5) is 27.6. The first-order valence-corrected chi connectivity index (χ1v) is 10.2. The Morgan fingerprint density at radius 2 is 1.14 bits per heavy atom. The number of hydrogen-bond acceptors (Lipinski definition) is 6. The van der Waals surface area contributed by atoms with E-state index in [0.717, 1.165) is 12.8 Å². The van der Waals surface area contributed by atoms with Crippen LogP contribution in [0.3, 0.4) is 0 Å². The van der Waals surface area contributed by atoms with Crippen molar-refractivity contribution in [1.82, 2.24) is 0 Å². The number of methoxy groups -OCH3 is 1. The molecule has 0 heterocycles. The summed E-state index contributed by atoms with van der Waals surface area (Å²) in [5.41, 5.74) is 0. The standard InChI is InChI=1S/C19H36O2.2HNO3/c1-3-4-5-6-7-8-9-10-11-12-13-14-15-16-17-18-19(20)21-2;2*2-1(3)4/h10-11H,3-9,12-18H2,1-2H3;2*(H,2,3,4)/b11-10-;;.